The molecular weight excluding hydrogens is 335 g/mol. The number of imidazole rings is 1. The summed E-state index contributed by atoms with van der Waals surface area (Å²) in [7, 11) is 0. The molecule has 0 bridgehead atoms. The average molecular weight is 354 g/mol. The van der Waals surface area contributed by atoms with Gasteiger partial charge in [0.1, 0.15) is 29.1 Å². The molecule has 26 heavy (non-hydrogen) atoms. The molecule has 0 aliphatic rings. The molecule has 0 fully saturated rings. The molecule has 2 N–H and O–H groups in total. The Hall–Kier alpha value is -3.29. The van der Waals surface area contributed by atoms with Crippen molar-refractivity contribution in [3.63, 3.8) is 0 Å². The minimum atomic E-state index is -0.537. The smallest absolute Gasteiger partial charge is 0.254 e. The molecule has 0 saturated carbocycles. The molecule has 1 amide bonds. The van der Waals surface area contributed by atoms with Gasteiger partial charge >= 0.3 is 0 Å². The molecule has 0 aliphatic heterocycles. The van der Waals surface area contributed by atoms with Gasteiger partial charge in [-0.3, -0.25) is 9.36 Å². The van der Waals surface area contributed by atoms with Gasteiger partial charge < -0.3 is 10.6 Å². The van der Waals surface area contributed by atoms with Crippen molar-refractivity contribution >= 4 is 11.7 Å². The fourth-order valence-corrected chi connectivity index (χ4v) is 2.49. The first-order chi connectivity index (χ1) is 12.5. The molecular formula is C18H19FN6O. The van der Waals surface area contributed by atoms with E-state index in [1.54, 1.807) is 31.3 Å². The maximum absolute atomic E-state index is 13.6. The van der Waals surface area contributed by atoms with Gasteiger partial charge in [0.15, 0.2) is 0 Å². The second kappa shape index (κ2) is 7.73. The van der Waals surface area contributed by atoms with E-state index in [1.807, 2.05) is 17.7 Å². The molecule has 0 atom stereocenters. The molecule has 2 aromatic heterocycles. The van der Waals surface area contributed by atoms with Crippen molar-refractivity contribution in [1.82, 2.24) is 24.8 Å². The molecule has 134 valence electrons. The number of amides is 1. The quantitative estimate of drug-likeness (QED) is 0.663. The third-order valence-corrected chi connectivity index (χ3v) is 3.73. The minimum absolute atomic E-state index is 0.0308. The van der Waals surface area contributed by atoms with Gasteiger partial charge in [-0.2, -0.15) is 0 Å². The summed E-state index contributed by atoms with van der Waals surface area (Å²) in [6.45, 7) is 4.47. The molecule has 3 rings (SSSR count). The summed E-state index contributed by atoms with van der Waals surface area (Å²) in [6, 6.07) is 7.69. The number of aromatic nitrogens is 4. The summed E-state index contributed by atoms with van der Waals surface area (Å²) in [5, 5.41) is 5.81. The number of carbonyl (C=O) groups excluding carboxylic acids is 1. The normalized spacial score (nSPS) is 10.6. The van der Waals surface area contributed by atoms with E-state index in [-0.39, 0.29) is 5.56 Å². The molecule has 1 aromatic carbocycles. The van der Waals surface area contributed by atoms with E-state index in [4.69, 9.17) is 0 Å². The van der Waals surface area contributed by atoms with Gasteiger partial charge in [0.2, 0.25) is 0 Å². The van der Waals surface area contributed by atoms with Gasteiger partial charge in [0.05, 0.1) is 5.56 Å². The van der Waals surface area contributed by atoms with E-state index in [1.165, 1.54) is 12.1 Å². The lowest BCUT2D eigenvalue weighted by atomic mass is 10.2. The summed E-state index contributed by atoms with van der Waals surface area (Å²) < 4.78 is 15.4. The van der Waals surface area contributed by atoms with E-state index in [0.29, 0.717) is 30.5 Å². The Kier molecular flexibility index (Phi) is 5.21. The maximum atomic E-state index is 13.6. The van der Waals surface area contributed by atoms with E-state index in [9.17, 15) is 9.18 Å². The monoisotopic (exact) mass is 354 g/mol. The highest BCUT2D eigenvalue weighted by Gasteiger charge is 2.10. The van der Waals surface area contributed by atoms with Crippen molar-refractivity contribution in [2.45, 2.75) is 13.8 Å². The largest absolute Gasteiger partial charge is 0.368 e. The van der Waals surface area contributed by atoms with Crippen LogP contribution in [0.15, 0.2) is 42.7 Å². The van der Waals surface area contributed by atoms with E-state index in [0.717, 1.165) is 5.82 Å². The standard InChI is InChI=1S/C18H19FN6O/c1-12-23-16(11-17(24-12)25-10-9-20-13(25)2)21-7-8-22-18(26)14-5-3-4-6-15(14)19/h3-6,9-11H,7-8H2,1-2H3,(H,22,26)(H,21,23,24). The molecule has 0 radical (unpaired) electrons. The summed E-state index contributed by atoms with van der Waals surface area (Å²) in [5.74, 6) is 1.81. The van der Waals surface area contributed by atoms with Gasteiger partial charge in [0.25, 0.3) is 5.91 Å². The van der Waals surface area contributed by atoms with E-state index in [2.05, 4.69) is 25.6 Å². The minimum Gasteiger partial charge on any atom is -0.368 e. The Labute approximate surface area is 150 Å². The van der Waals surface area contributed by atoms with Gasteiger partial charge in [-0.15, -0.1) is 0 Å². The Morgan fingerprint density at radius 3 is 2.73 bits per heavy atom. The maximum Gasteiger partial charge on any atom is 0.254 e. The molecule has 0 spiro atoms. The fourth-order valence-electron chi connectivity index (χ4n) is 2.49. The van der Waals surface area contributed by atoms with Crippen LogP contribution in [0.25, 0.3) is 5.82 Å². The predicted molar refractivity (Wildman–Crippen MR) is 95.9 cm³/mol. The van der Waals surface area contributed by atoms with Gasteiger partial charge in [-0.05, 0) is 26.0 Å². The summed E-state index contributed by atoms with van der Waals surface area (Å²) in [6.07, 6.45) is 3.54. The zero-order valence-corrected chi connectivity index (χ0v) is 14.5. The Bertz CT molecular complexity index is 924. The van der Waals surface area contributed by atoms with Crippen LogP contribution in [0.5, 0.6) is 0 Å². The topological polar surface area (TPSA) is 84.7 Å². The summed E-state index contributed by atoms with van der Waals surface area (Å²) in [4.78, 5) is 24.9. The van der Waals surface area contributed by atoms with Crippen molar-refractivity contribution in [3.05, 3.63) is 65.8 Å². The van der Waals surface area contributed by atoms with Crippen LogP contribution in [-0.4, -0.2) is 38.5 Å². The third-order valence-electron chi connectivity index (χ3n) is 3.73. The number of anilines is 1. The number of carbonyl (C=O) groups is 1. The highest BCUT2D eigenvalue weighted by Crippen LogP contribution is 2.12. The predicted octanol–water partition coefficient (Wildman–Crippen LogP) is 2.26. The molecule has 7 nitrogen and oxygen atoms in total. The van der Waals surface area contributed by atoms with E-state index >= 15 is 0 Å². The number of nitrogens with one attached hydrogen (secondary N) is 2. The van der Waals surface area contributed by atoms with Crippen molar-refractivity contribution in [2.24, 2.45) is 0 Å². The number of halogens is 1. The first-order valence-corrected chi connectivity index (χ1v) is 8.17. The number of benzene rings is 1. The zero-order chi connectivity index (χ0) is 18.5. The first-order valence-electron chi connectivity index (χ1n) is 8.17. The number of nitrogens with zero attached hydrogens (tertiary/aromatic N) is 4. The summed E-state index contributed by atoms with van der Waals surface area (Å²) >= 11 is 0. The second-order valence-corrected chi connectivity index (χ2v) is 5.67. The van der Waals surface area contributed by atoms with Crippen LogP contribution >= 0.6 is 0 Å². The van der Waals surface area contributed by atoms with Crippen LogP contribution in [0.3, 0.4) is 0 Å². The Morgan fingerprint density at radius 1 is 1.19 bits per heavy atom. The summed E-state index contributed by atoms with van der Waals surface area (Å²) in [5.41, 5.74) is 0.0308. The Morgan fingerprint density at radius 2 is 2.00 bits per heavy atom. The van der Waals surface area contributed by atoms with E-state index < -0.39 is 11.7 Å². The fraction of sp³-hybridized carbons (Fsp3) is 0.222. The van der Waals surface area contributed by atoms with Crippen molar-refractivity contribution in [2.75, 3.05) is 18.4 Å². The van der Waals surface area contributed by atoms with Crippen LogP contribution in [0.2, 0.25) is 0 Å². The highest BCUT2D eigenvalue weighted by atomic mass is 19.1. The number of rotatable bonds is 6. The SMILES string of the molecule is Cc1nc(NCCNC(=O)c2ccccc2F)cc(-n2ccnc2C)n1. The third kappa shape index (κ3) is 4.02. The van der Waals surface area contributed by atoms with Crippen molar-refractivity contribution in [1.29, 1.82) is 0 Å². The molecule has 0 aliphatic carbocycles. The average Bonchev–Trinajstić information content (AvgIpc) is 3.04. The zero-order valence-electron chi connectivity index (χ0n) is 14.5. The molecule has 3 aromatic rings. The molecule has 2 heterocycles. The van der Waals surface area contributed by atoms with Crippen LogP contribution in [-0.2, 0) is 0 Å². The van der Waals surface area contributed by atoms with Gasteiger partial charge in [-0.1, -0.05) is 12.1 Å². The lowest BCUT2D eigenvalue weighted by Gasteiger charge is -2.11. The number of hydrogen-bond acceptors (Lipinski definition) is 5. The van der Waals surface area contributed by atoms with Gasteiger partial charge in [0, 0.05) is 31.5 Å². The van der Waals surface area contributed by atoms with Crippen LogP contribution in [0.1, 0.15) is 22.0 Å². The van der Waals surface area contributed by atoms with Crippen molar-refractivity contribution < 1.29 is 9.18 Å². The molecule has 8 heteroatoms. The lowest BCUT2D eigenvalue weighted by Crippen LogP contribution is -2.29. The highest BCUT2D eigenvalue weighted by molar-refractivity contribution is 5.94. The lowest BCUT2D eigenvalue weighted by molar-refractivity contribution is 0.0951. The number of aryl methyl sites for hydroxylation is 2. The van der Waals surface area contributed by atoms with Crippen LogP contribution in [0, 0.1) is 19.7 Å². The Balaban J connectivity index is 1.59. The number of hydrogen-bond donors (Lipinski definition) is 2. The van der Waals surface area contributed by atoms with Crippen molar-refractivity contribution in [3.8, 4) is 5.82 Å². The molecule has 0 saturated heterocycles. The van der Waals surface area contributed by atoms with Crippen LogP contribution in [0.4, 0.5) is 10.2 Å². The van der Waals surface area contributed by atoms with Gasteiger partial charge in [-0.25, -0.2) is 19.3 Å². The second-order valence-electron chi connectivity index (χ2n) is 5.67. The molecule has 0 unspecified atom stereocenters. The first kappa shape index (κ1) is 17.5. The van der Waals surface area contributed by atoms with Crippen LogP contribution < -0.4 is 10.6 Å².